The quantitative estimate of drug-likeness (QED) is 0.774. The molecule has 1 aliphatic heterocycles. The van der Waals surface area contributed by atoms with Crippen LogP contribution in [0.15, 0.2) is 4.90 Å². The molecule has 4 N–H and O–H groups in total. The van der Waals surface area contributed by atoms with E-state index in [2.05, 4.69) is 18.7 Å². The van der Waals surface area contributed by atoms with E-state index in [1.165, 1.54) is 0 Å². The molecule has 22 heavy (non-hydrogen) atoms. The van der Waals surface area contributed by atoms with Crippen molar-refractivity contribution in [3.63, 3.8) is 0 Å². The second kappa shape index (κ2) is 7.19. The van der Waals surface area contributed by atoms with E-state index in [4.69, 9.17) is 25.7 Å². The first-order valence-corrected chi connectivity index (χ1v) is 8.40. The first-order valence-electron chi connectivity index (χ1n) is 7.41. The Bertz CT molecular complexity index is 535. The third-order valence-electron chi connectivity index (χ3n) is 3.85. The Labute approximate surface area is 136 Å². The van der Waals surface area contributed by atoms with E-state index in [1.54, 1.807) is 26.0 Å². The summed E-state index contributed by atoms with van der Waals surface area (Å²) in [6.45, 7) is 7.16. The number of hydrogen-bond acceptors (Lipinski definition) is 7. The highest BCUT2D eigenvalue weighted by Gasteiger charge is 2.30. The molecule has 0 saturated carbocycles. The zero-order valence-corrected chi connectivity index (χ0v) is 14.5. The second-order valence-electron chi connectivity index (χ2n) is 5.09. The molecule has 6 nitrogen and oxygen atoms in total. The average Bonchev–Trinajstić information content (AvgIpc) is 2.55. The molecule has 1 aromatic rings. The Morgan fingerprint density at radius 2 is 1.73 bits per heavy atom. The molecule has 7 heteroatoms. The Morgan fingerprint density at radius 3 is 2.27 bits per heavy atom. The summed E-state index contributed by atoms with van der Waals surface area (Å²) in [4.78, 5) is 3.17. The molecule has 0 fully saturated rings. The number of hydrogen-bond donors (Lipinski definition) is 2. The summed E-state index contributed by atoms with van der Waals surface area (Å²) in [5.74, 6) is 2.35. The van der Waals surface area contributed by atoms with Crippen molar-refractivity contribution in [3.8, 4) is 17.2 Å². The molecule has 2 rings (SSSR count). The normalized spacial score (nSPS) is 17.0. The van der Waals surface area contributed by atoms with Crippen LogP contribution in [0.5, 0.6) is 17.2 Å². The summed E-state index contributed by atoms with van der Waals surface area (Å²) in [6, 6.07) is 0. The molecular weight excluding hydrogens is 302 g/mol. The van der Waals surface area contributed by atoms with Gasteiger partial charge in [0.25, 0.3) is 0 Å². The molecular formula is C15H25N3O3S. The summed E-state index contributed by atoms with van der Waals surface area (Å²) in [7, 11) is 3.10. The number of rotatable bonds is 6. The van der Waals surface area contributed by atoms with E-state index in [1.807, 2.05) is 0 Å². The van der Waals surface area contributed by atoms with Crippen LogP contribution in [0.3, 0.4) is 0 Å². The second-order valence-corrected chi connectivity index (χ2v) is 6.12. The van der Waals surface area contributed by atoms with Crippen molar-refractivity contribution in [1.29, 1.82) is 0 Å². The lowest BCUT2D eigenvalue weighted by atomic mass is 10.2. The Kier molecular flexibility index (Phi) is 5.52. The first-order chi connectivity index (χ1) is 10.6. The summed E-state index contributed by atoms with van der Waals surface area (Å²) >= 11 is 1.66. The number of nitrogens with zero attached hydrogens (tertiary/aromatic N) is 1. The van der Waals surface area contributed by atoms with Crippen molar-refractivity contribution in [2.24, 2.45) is 0 Å². The van der Waals surface area contributed by atoms with E-state index in [9.17, 15) is 0 Å². The molecule has 0 radical (unpaired) electrons. The lowest BCUT2D eigenvalue weighted by molar-refractivity contribution is 0.150. The number of likely N-dealkylation sites (N-methyl/N-ethyl adjacent to an activating group) is 1. The zero-order chi connectivity index (χ0) is 16.3. The third-order valence-corrected chi connectivity index (χ3v) is 5.09. The van der Waals surface area contributed by atoms with Crippen LogP contribution in [-0.4, -0.2) is 50.6 Å². The molecule has 0 aliphatic carbocycles. The van der Waals surface area contributed by atoms with E-state index >= 15 is 0 Å². The highest BCUT2D eigenvalue weighted by molar-refractivity contribution is 7.99. The number of benzene rings is 1. The van der Waals surface area contributed by atoms with Gasteiger partial charge in [-0.15, -0.1) is 11.8 Å². The Balaban J connectivity index is 2.33. The van der Waals surface area contributed by atoms with Crippen LogP contribution < -0.4 is 25.7 Å². The molecule has 124 valence electrons. The van der Waals surface area contributed by atoms with Gasteiger partial charge in [0.2, 0.25) is 0 Å². The number of nitrogen functional groups attached to an aromatic ring is 2. The van der Waals surface area contributed by atoms with Crippen molar-refractivity contribution in [1.82, 2.24) is 4.90 Å². The number of methoxy groups -OCH3 is 2. The largest absolute Gasteiger partial charge is 0.491 e. The van der Waals surface area contributed by atoms with Gasteiger partial charge in [0.05, 0.1) is 24.8 Å². The molecule has 1 aliphatic rings. The fourth-order valence-corrected chi connectivity index (χ4v) is 3.66. The van der Waals surface area contributed by atoms with Gasteiger partial charge < -0.3 is 30.6 Å². The summed E-state index contributed by atoms with van der Waals surface area (Å²) in [6.07, 6.45) is 0.0807. The van der Waals surface area contributed by atoms with E-state index in [0.717, 1.165) is 30.3 Å². The minimum Gasteiger partial charge on any atom is -0.491 e. The number of thioether (sulfide) groups is 1. The van der Waals surface area contributed by atoms with Crippen LogP contribution in [0.25, 0.3) is 0 Å². The Hall–Kier alpha value is -1.47. The smallest absolute Gasteiger partial charge is 0.189 e. The maximum Gasteiger partial charge on any atom is 0.189 e. The van der Waals surface area contributed by atoms with Crippen LogP contribution in [0.4, 0.5) is 11.4 Å². The van der Waals surface area contributed by atoms with Gasteiger partial charge in [-0.25, -0.2) is 0 Å². The molecule has 0 aromatic heterocycles. The van der Waals surface area contributed by atoms with Gasteiger partial charge in [-0.05, 0) is 13.1 Å². The molecule has 0 spiro atoms. The summed E-state index contributed by atoms with van der Waals surface area (Å²) < 4.78 is 16.8. The molecule has 1 atom stereocenters. The maximum atomic E-state index is 6.21. The highest BCUT2D eigenvalue weighted by atomic mass is 32.2. The lowest BCUT2D eigenvalue weighted by Gasteiger charge is -2.32. The number of anilines is 2. The molecule has 0 saturated heterocycles. The van der Waals surface area contributed by atoms with Gasteiger partial charge in [-0.1, -0.05) is 13.8 Å². The third kappa shape index (κ3) is 3.01. The zero-order valence-electron chi connectivity index (χ0n) is 13.6. The van der Waals surface area contributed by atoms with Crippen molar-refractivity contribution in [2.45, 2.75) is 24.8 Å². The van der Waals surface area contributed by atoms with Crippen LogP contribution in [0, 0.1) is 0 Å². The fourth-order valence-electron chi connectivity index (χ4n) is 2.60. The van der Waals surface area contributed by atoms with Crippen molar-refractivity contribution < 1.29 is 14.2 Å². The van der Waals surface area contributed by atoms with E-state index in [0.29, 0.717) is 28.6 Å². The lowest BCUT2D eigenvalue weighted by Crippen LogP contribution is -2.38. The van der Waals surface area contributed by atoms with Crippen LogP contribution in [-0.2, 0) is 0 Å². The van der Waals surface area contributed by atoms with Gasteiger partial charge >= 0.3 is 0 Å². The topological polar surface area (TPSA) is 83.0 Å². The van der Waals surface area contributed by atoms with Gasteiger partial charge in [-0.3, -0.25) is 0 Å². The molecule has 0 bridgehead atoms. The summed E-state index contributed by atoms with van der Waals surface area (Å²) in [5.41, 5.74) is 13.4. The minimum atomic E-state index is 0.0807. The molecule has 0 amide bonds. The molecule has 1 heterocycles. The Morgan fingerprint density at radius 1 is 1.14 bits per heavy atom. The first kappa shape index (κ1) is 16.9. The average molecular weight is 327 g/mol. The van der Waals surface area contributed by atoms with Crippen LogP contribution >= 0.6 is 11.8 Å². The molecule has 1 unspecified atom stereocenters. The van der Waals surface area contributed by atoms with Crippen molar-refractivity contribution >= 4 is 23.1 Å². The predicted molar refractivity (Wildman–Crippen MR) is 91.3 cm³/mol. The number of fused-ring (bicyclic) bond motifs is 1. The minimum absolute atomic E-state index is 0.0807. The van der Waals surface area contributed by atoms with Crippen LogP contribution in [0.1, 0.15) is 13.8 Å². The molecule has 1 aromatic carbocycles. The van der Waals surface area contributed by atoms with E-state index in [-0.39, 0.29) is 6.10 Å². The van der Waals surface area contributed by atoms with Crippen LogP contribution in [0.2, 0.25) is 0 Å². The standard InChI is InChI=1S/C15H25N3O3S/c1-5-18(6-2)7-9-8-22-15-11(17)13(20-4)12(19-3)10(16)14(15)21-9/h9H,5-8,16-17H2,1-4H3. The van der Waals surface area contributed by atoms with Gasteiger partial charge in [0.1, 0.15) is 11.8 Å². The monoisotopic (exact) mass is 327 g/mol. The number of nitrogens with two attached hydrogens (primary N) is 2. The van der Waals surface area contributed by atoms with Gasteiger partial charge in [-0.2, -0.15) is 0 Å². The van der Waals surface area contributed by atoms with Crippen molar-refractivity contribution in [3.05, 3.63) is 0 Å². The maximum absolute atomic E-state index is 6.21. The van der Waals surface area contributed by atoms with Crippen molar-refractivity contribution in [2.75, 3.05) is 51.1 Å². The highest BCUT2D eigenvalue weighted by Crippen LogP contribution is 2.53. The summed E-state index contributed by atoms with van der Waals surface area (Å²) in [5, 5.41) is 0. The van der Waals surface area contributed by atoms with Gasteiger partial charge in [0.15, 0.2) is 17.2 Å². The SMILES string of the molecule is CCN(CC)CC1CSc2c(N)c(OC)c(OC)c(N)c2O1. The predicted octanol–water partition coefficient (Wildman–Crippen LogP) is 2.06. The van der Waals surface area contributed by atoms with E-state index < -0.39 is 0 Å². The fraction of sp³-hybridized carbons (Fsp3) is 0.600. The van der Waals surface area contributed by atoms with Gasteiger partial charge in [0, 0.05) is 12.3 Å². The number of ether oxygens (including phenoxy) is 3.